The lowest BCUT2D eigenvalue weighted by atomic mass is 10.1. The summed E-state index contributed by atoms with van der Waals surface area (Å²) in [5.41, 5.74) is 2.91. The summed E-state index contributed by atoms with van der Waals surface area (Å²) in [5.74, 6) is 7.68. The fraction of sp³-hybridized carbons (Fsp3) is 0.304. The maximum atomic E-state index is 12.7. The van der Waals surface area contributed by atoms with Crippen molar-refractivity contribution in [3.63, 3.8) is 0 Å². The first-order valence-electron chi connectivity index (χ1n) is 9.46. The molecule has 1 aromatic carbocycles. The van der Waals surface area contributed by atoms with E-state index < -0.39 is 0 Å². The van der Waals surface area contributed by atoms with E-state index in [1.54, 1.807) is 16.8 Å². The van der Waals surface area contributed by atoms with E-state index in [2.05, 4.69) is 29.0 Å². The van der Waals surface area contributed by atoms with Crippen molar-refractivity contribution in [2.24, 2.45) is 5.92 Å². The van der Waals surface area contributed by atoms with Crippen molar-refractivity contribution >= 4 is 11.3 Å². The first-order chi connectivity index (χ1) is 13.6. The van der Waals surface area contributed by atoms with Crippen molar-refractivity contribution < 1.29 is 4.74 Å². The number of rotatable bonds is 5. The maximum Gasteiger partial charge on any atom is 0.254 e. The molecule has 0 unspecified atom stereocenters. The minimum absolute atomic E-state index is 0.0639. The van der Waals surface area contributed by atoms with E-state index in [0.29, 0.717) is 18.3 Å². The Morgan fingerprint density at radius 2 is 2.07 bits per heavy atom. The third kappa shape index (κ3) is 4.35. The second-order valence-corrected chi connectivity index (χ2v) is 8.08. The molecule has 0 bridgehead atoms. The van der Waals surface area contributed by atoms with Gasteiger partial charge < -0.3 is 9.30 Å². The van der Waals surface area contributed by atoms with Crippen LogP contribution in [0.5, 0.6) is 5.75 Å². The average molecular weight is 391 g/mol. The highest BCUT2D eigenvalue weighted by molar-refractivity contribution is 7.09. The first-order valence-corrected chi connectivity index (χ1v) is 10.3. The predicted octanol–water partition coefficient (Wildman–Crippen LogP) is 4.56. The van der Waals surface area contributed by atoms with Crippen LogP contribution in [0, 0.1) is 24.7 Å². The molecule has 3 aromatic rings. The van der Waals surface area contributed by atoms with Gasteiger partial charge in [0, 0.05) is 34.8 Å². The van der Waals surface area contributed by atoms with Gasteiger partial charge in [-0.15, -0.1) is 11.3 Å². The number of hydrogen-bond donors (Lipinski definition) is 0. The largest absolute Gasteiger partial charge is 0.486 e. The molecule has 1 aliphatic carbocycles. The Morgan fingerprint density at radius 1 is 1.29 bits per heavy atom. The van der Waals surface area contributed by atoms with Crippen LogP contribution in [0.1, 0.15) is 47.6 Å². The third-order valence-corrected chi connectivity index (χ3v) is 5.61. The van der Waals surface area contributed by atoms with Crippen LogP contribution in [-0.4, -0.2) is 9.55 Å². The summed E-state index contributed by atoms with van der Waals surface area (Å²) in [5, 5.41) is 2.80. The van der Waals surface area contributed by atoms with Crippen LogP contribution >= 0.6 is 11.3 Å². The van der Waals surface area contributed by atoms with E-state index in [4.69, 9.17) is 4.74 Å². The zero-order valence-electron chi connectivity index (χ0n) is 16.0. The van der Waals surface area contributed by atoms with Crippen LogP contribution in [0.2, 0.25) is 0 Å². The van der Waals surface area contributed by atoms with Crippen LogP contribution in [0.4, 0.5) is 0 Å². The Balaban J connectivity index is 1.51. The van der Waals surface area contributed by atoms with E-state index in [1.165, 1.54) is 24.2 Å². The topological polar surface area (TPSA) is 44.1 Å². The molecule has 28 heavy (non-hydrogen) atoms. The molecule has 0 saturated heterocycles. The lowest BCUT2D eigenvalue weighted by molar-refractivity contribution is 0.303. The summed E-state index contributed by atoms with van der Waals surface area (Å²) in [7, 11) is 0. The number of pyridine rings is 1. The van der Waals surface area contributed by atoms with Gasteiger partial charge >= 0.3 is 0 Å². The lowest BCUT2D eigenvalue weighted by Crippen LogP contribution is -2.25. The monoisotopic (exact) mass is 390 g/mol. The number of aryl methyl sites for hydroxylation is 1. The Labute approximate surface area is 168 Å². The Kier molecular flexibility index (Phi) is 5.31. The van der Waals surface area contributed by atoms with Gasteiger partial charge in [0.25, 0.3) is 5.56 Å². The zero-order chi connectivity index (χ0) is 19.5. The summed E-state index contributed by atoms with van der Waals surface area (Å²) in [6, 6.07) is 11.6. The molecule has 1 fully saturated rings. The molecule has 142 valence electrons. The van der Waals surface area contributed by atoms with Crippen molar-refractivity contribution in [3.05, 3.63) is 80.2 Å². The summed E-state index contributed by atoms with van der Waals surface area (Å²) < 4.78 is 7.53. The van der Waals surface area contributed by atoms with E-state index in [-0.39, 0.29) is 11.6 Å². The van der Waals surface area contributed by atoms with Gasteiger partial charge in [-0.1, -0.05) is 24.0 Å². The molecule has 2 aromatic heterocycles. The molecule has 1 aliphatic rings. The summed E-state index contributed by atoms with van der Waals surface area (Å²) in [4.78, 5) is 16.9. The second-order valence-electron chi connectivity index (χ2n) is 7.10. The Bertz CT molecular complexity index is 1070. The molecule has 4 rings (SSSR count). The number of nitrogens with zero attached hydrogens (tertiary/aromatic N) is 2. The van der Waals surface area contributed by atoms with Crippen molar-refractivity contribution in [3.8, 4) is 17.6 Å². The van der Waals surface area contributed by atoms with Crippen LogP contribution in [0.15, 0.2) is 52.8 Å². The average Bonchev–Trinajstić information content (AvgIpc) is 3.37. The molecule has 1 saturated carbocycles. The Hall–Kier alpha value is -2.84. The highest BCUT2D eigenvalue weighted by Gasteiger charge is 2.18. The molecule has 0 spiro atoms. The third-order valence-electron chi connectivity index (χ3n) is 4.86. The molecular weight excluding hydrogens is 368 g/mol. The van der Waals surface area contributed by atoms with Crippen LogP contribution in [-0.2, 0) is 6.61 Å². The van der Waals surface area contributed by atoms with Gasteiger partial charge in [-0.2, -0.15) is 0 Å². The maximum absolute atomic E-state index is 12.7. The molecule has 1 atom stereocenters. The molecule has 5 heteroatoms. The lowest BCUT2D eigenvalue weighted by Gasteiger charge is -2.19. The smallest absolute Gasteiger partial charge is 0.254 e. The minimum Gasteiger partial charge on any atom is -0.486 e. The first kappa shape index (κ1) is 18.5. The normalized spacial score (nSPS) is 14.2. The van der Waals surface area contributed by atoms with Crippen molar-refractivity contribution in [2.45, 2.75) is 39.3 Å². The van der Waals surface area contributed by atoms with Gasteiger partial charge in [0.05, 0.1) is 6.04 Å². The van der Waals surface area contributed by atoms with Crippen molar-refractivity contribution in [2.75, 3.05) is 0 Å². The summed E-state index contributed by atoms with van der Waals surface area (Å²) in [6.07, 6.45) is 4.21. The van der Waals surface area contributed by atoms with E-state index in [0.717, 1.165) is 21.8 Å². The molecule has 0 radical (unpaired) electrons. The van der Waals surface area contributed by atoms with Gasteiger partial charge in [-0.3, -0.25) is 4.79 Å². The van der Waals surface area contributed by atoms with Gasteiger partial charge in [-0.05, 0) is 50.5 Å². The zero-order valence-corrected chi connectivity index (χ0v) is 16.8. The fourth-order valence-corrected chi connectivity index (χ4v) is 3.67. The van der Waals surface area contributed by atoms with Crippen LogP contribution in [0.3, 0.4) is 0 Å². The molecule has 0 N–H and O–H groups in total. The quantitative estimate of drug-likeness (QED) is 0.600. The van der Waals surface area contributed by atoms with Gasteiger partial charge in [-0.25, -0.2) is 4.98 Å². The van der Waals surface area contributed by atoms with Gasteiger partial charge in [0.15, 0.2) is 0 Å². The number of aromatic nitrogens is 2. The second kappa shape index (κ2) is 8.04. The molecule has 2 heterocycles. The number of ether oxygens (including phenoxy) is 1. The highest BCUT2D eigenvalue weighted by Crippen LogP contribution is 2.27. The number of hydrogen-bond acceptors (Lipinski definition) is 4. The summed E-state index contributed by atoms with van der Waals surface area (Å²) >= 11 is 1.54. The fourth-order valence-electron chi connectivity index (χ4n) is 3.14. The van der Waals surface area contributed by atoms with Crippen molar-refractivity contribution in [1.82, 2.24) is 9.55 Å². The van der Waals surface area contributed by atoms with Gasteiger partial charge in [0.1, 0.15) is 17.4 Å². The highest BCUT2D eigenvalue weighted by atomic mass is 32.1. The standard InChI is InChI=1S/C23H22N2O2S/c1-16-13-21(27-15-22-24-11-12-28-22)14-23(26)25(16)17(2)20-9-7-19(8-10-20)6-5-18-3-4-18/h7-14,17-18H,3-4,15H2,1-2H3/t17-/m1/s1. The Morgan fingerprint density at radius 3 is 2.71 bits per heavy atom. The van der Waals surface area contributed by atoms with E-state index in [9.17, 15) is 4.79 Å². The predicted molar refractivity (Wildman–Crippen MR) is 112 cm³/mol. The molecule has 4 nitrogen and oxygen atoms in total. The minimum atomic E-state index is -0.0701. The van der Waals surface area contributed by atoms with Crippen LogP contribution in [0.25, 0.3) is 0 Å². The van der Waals surface area contributed by atoms with E-state index in [1.807, 2.05) is 37.4 Å². The number of benzene rings is 1. The SMILES string of the molecule is Cc1cc(OCc2nccs2)cc(=O)n1[C@H](C)c1ccc(C#CC2CC2)cc1. The molecule has 0 amide bonds. The summed E-state index contributed by atoms with van der Waals surface area (Å²) in [6.45, 7) is 4.35. The van der Waals surface area contributed by atoms with E-state index >= 15 is 0 Å². The van der Waals surface area contributed by atoms with Gasteiger partial charge in [0.2, 0.25) is 0 Å². The van der Waals surface area contributed by atoms with Crippen molar-refractivity contribution in [1.29, 1.82) is 0 Å². The number of thiazole rings is 1. The molecular formula is C23H22N2O2S. The molecule has 0 aliphatic heterocycles. The van der Waals surface area contributed by atoms with Crippen LogP contribution < -0.4 is 10.3 Å².